The summed E-state index contributed by atoms with van der Waals surface area (Å²) in [5.41, 5.74) is 3.61. The first kappa shape index (κ1) is 14.0. The van der Waals surface area contributed by atoms with Crippen LogP contribution in [0.15, 0.2) is 48.5 Å². The minimum atomic E-state index is -0.329. The van der Waals surface area contributed by atoms with Crippen molar-refractivity contribution in [2.45, 2.75) is 18.9 Å². The van der Waals surface area contributed by atoms with Crippen LogP contribution < -0.4 is 5.32 Å². The van der Waals surface area contributed by atoms with Crippen LogP contribution in [0.2, 0.25) is 0 Å². The Morgan fingerprint density at radius 2 is 2.13 bits per heavy atom. The molecule has 0 radical (unpaired) electrons. The Hall–Kier alpha value is -2.66. The quantitative estimate of drug-likeness (QED) is 0.780. The fourth-order valence-electron chi connectivity index (χ4n) is 2.84. The van der Waals surface area contributed by atoms with E-state index < -0.39 is 0 Å². The molecule has 1 saturated heterocycles. The van der Waals surface area contributed by atoms with Crippen molar-refractivity contribution in [1.29, 1.82) is 0 Å². The predicted octanol–water partition coefficient (Wildman–Crippen LogP) is 3.35. The Morgan fingerprint density at radius 3 is 2.96 bits per heavy atom. The monoisotopic (exact) mass is 307 g/mol. The molecule has 2 N–H and O–H groups in total. The SMILES string of the molecule is O=C(Nc1cccc(-c2nc3ccccc3[nH]2)c1)[C@@H]1CCCO1. The van der Waals surface area contributed by atoms with Crippen LogP contribution in [0.25, 0.3) is 22.4 Å². The molecule has 23 heavy (non-hydrogen) atoms. The topological polar surface area (TPSA) is 67.0 Å². The highest BCUT2D eigenvalue weighted by atomic mass is 16.5. The second kappa shape index (κ2) is 5.85. The van der Waals surface area contributed by atoms with Gasteiger partial charge in [-0.2, -0.15) is 0 Å². The van der Waals surface area contributed by atoms with E-state index in [1.807, 2.05) is 48.5 Å². The smallest absolute Gasteiger partial charge is 0.253 e. The molecular formula is C18H17N3O2. The van der Waals surface area contributed by atoms with Crippen molar-refractivity contribution in [3.63, 3.8) is 0 Å². The maximum atomic E-state index is 12.1. The van der Waals surface area contributed by atoms with Gasteiger partial charge in [0.15, 0.2) is 0 Å². The zero-order valence-corrected chi connectivity index (χ0v) is 12.6. The zero-order valence-electron chi connectivity index (χ0n) is 12.6. The Kier molecular flexibility index (Phi) is 3.55. The van der Waals surface area contributed by atoms with Crippen molar-refractivity contribution in [3.8, 4) is 11.4 Å². The number of para-hydroxylation sites is 2. The highest BCUT2D eigenvalue weighted by Crippen LogP contribution is 2.23. The molecular weight excluding hydrogens is 290 g/mol. The minimum absolute atomic E-state index is 0.0794. The predicted molar refractivity (Wildman–Crippen MR) is 89.1 cm³/mol. The lowest BCUT2D eigenvalue weighted by atomic mass is 10.1. The summed E-state index contributed by atoms with van der Waals surface area (Å²) in [5.74, 6) is 0.712. The second-order valence-corrected chi connectivity index (χ2v) is 5.67. The molecule has 1 fully saturated rings. The van der Waals surface area contributed by atoms with Crippen molar-refractivity contribution in [2.24, 2.45) is 0 Å². The molecule has 4 rings (SSSR count). The van der Waals surface area contributed by atoms with Gasteiger partial charge in [-0.25, -0.2) is 4.98 Å². The summed E-state index contributed by atoms with van der Waals surface area (Å²) in [6.07, 6.45) is 1.40. The Balaban J connectivity index is 1.59. The fourth-order valence-corrected chi connectivity index (χ4v) is 2.84. The molecule has 1 aromatic heterocycles. The van der Waals surface area contributed by atoms with Gasteiger partial charge < -0.3 is 15.0 Å². The zero-order chi connectivity index (χ0) is 15.6. The molecule has 0 bridgehead atoms. The number of fused-ring (bicyclic) bond motifs is 1. The summed E-state index contributed by atoms with van der Waals surface area (Å²) in [6, 6.07) is 15.6. The van der Waals surface area contributed by atoms with E-state index in [2.05, 4.69) is 15.3 Å². The minimum Gasteiger partial charge on any atom is -0.368 e. The molecule has 1 amide bonds. The summed E-state index contributed by atoms with van der Waals surface area (Å²) >= 11 is 0. The van der Waals surface area contributed by atoms with Gasteiger partial charge in [0.2, 0.25) is 0 Å². The summed E-state index contributed by atoms with van der Waals surface area (Å²) < 4.78 is 5.41. The first-order valence-electron chi connectivity index (χ1n) is 7.77. The number of amides is 1. The van der Waals surface area contributed by atoms with E-state index in [1.165, 1.54) is 0 Å². The molecule has 2 aromatic carbocycles. The number of anilines is 1. The van der Waals surface area contributed by atoms with E-state index in [0.29, 0.717) is 6.61 Å². The molecule has 1 aliphatic heterocycles. The second-order valence-electron chi connectivity index (χ2n) is 5.67. The van der Waals surface area contributed by atoms with E-state index in [4.69, 9.17) is 4.74 Å². The highest BCUT2D eigenvalue weighted by molar-refractivity contribution is 5.95. The molecule has 0 saturated carbocycles. The van der Waals surface area contributed by atoms with Crippen LogP contribution in [-0.2, 0) is 9.53 Å². The van der Waals surface area contributed by atoms with Gasteiger partial charge in [-0.15, -0.1) is 0 Å². The Morgan fingerprint density at radius 1 is 1.22 bits per heavy atom. The maximum absolute atomic E-state index is 12.1. The molecule has 5 nitrogen and oxygen atoms in total. The van der Waals surface area contributed by atoms with Gasteiger partial charge in [-0.1, -0.05) is 24.3 Å². The van der Waals surface area contributed by atoms with Gasteiger partial charge in [-0.3, -0.25) is 4.79 Å². The number of hydrogen-bond donors (Lipinski definition) is 2. The molecule has 116 valence electrons. The third-order valence-electron chi connectivity index (χ3n) is 4.02. The van der Waals surface area contributed by atoms with Crippen molar-refractivity contribution >= 4 is 22.6 Å². The number of ether oxygens (including phenoxy) is 1. The number of carbonyl (C=O) groups is 1. The standard InChI is InChI=1S/C18H17N3O2/c22-18(16-9-4-10-23-16)19-13-6-3-5-12(11-13)17-20-14-7-1-2-8-15(14)21-17/h1-3,5-8,11,16H,4,9-10H2,(H,19,22)(H,20,21)/t16-/m0/s1. The number of H-pyrrole nitrogens is 1. The third-order valence-corrected chi connectivity index (χ3v) is 4.02. The van der Waals surface area contributed by atoms with Crippen LogP contribution in [0.1, 0.15) is 12.8 Å². The number of rotatable bonds is 3. The van der Waals surface area contributed by atoms with E-state index in [1.54, 1.807) is 0 Å². The summed E-state index contributed by atoms with van der Waals surface area (Å²) in [6.45, 7) is 0.664. The van der Waals surface area contributed by atoms with E-state index >= 15 is 0 Å². The normalized spacial score (nSPS) is 17.5. The van der Waals surface area contributed by atoms with Gasteiger partial charge in [0.25, 0.3) is 5.91 Å². The fraction of sp³-hybridized carbons (Fsp3) is 0.222. The lowest BCUT2D eigenvalue weighted by Gasteiger charge is -2.11. The van der Waals surface area contributed by atoms with Crippen LogP contribution in [0.3, 0.4) is 0 Å². The van der Waals surface area contributed by atoms with Gasteiger partial charge in [0.05, 0.1) is 11.0 Å². The molecule has 1 atom stereocenters. The van der Waals surface area contributed by atoms with E-state index in [0.717, 1.165) is 41.0 Å². The number of hydrogen-bond acceptors (Lipinski definition) is 3. The molecule has 3 aromatic rings. The maximum Gasteiger partial charge on any atom is 0.253 e. The largest absolute Gasteiger partial charge is 0.368 e. The number of nitrogens with one attached hydrogen (secondary N) is 2. The van der Waals surface area contributed by atoms with Crippen molar-refractivity contribution in [1.82, 2.24) is 9.97 Å². The van der Waals surface area contributed by atoms with Crippen LogP contribution in [0, 0.1) is 0 Å². The van der Waals surface area contributed by atoms with Crippen molar-refractivity contribution in [3.05, 3.63) is 48.5 Å². The van der Waals surface area contributed by atoms with Gasteiger partial charge >= 0.3 is 0 Å². The highest BCUT2D eigenvalue weighted by Gasteiger charge is 2.23. The van der Waals surface area contributed by atoms with Gasteiger partial charge in [-0.05, 0) is 37.1 Å². The van der Waals surface area contributed by atoms with Crippen LogP contribution in [0.4, 0.5) is 5.69 Å². The molecule has 0 spiro atoms. The Bertz CT molecular complexity index is 817. The summed E-state index contributed by atoms with van der Waals surface area (Å²) in [5, 5.41) is 2.92. The summed E-state index contributed by atoms with van der Waals surface area (Å²) in [4.78, 5) is 20.0. The molecule has 2 heterocycles. The Labute approximate surface area is 133 Å². The molecule has 0 aliphatic carbocycles. The number of imidazole rings is 1. The third kappa shape index (κ3) is 2.83. The average molecular weight is 307 g/mol. The molecule has 0 unspecified atom stereocenters. The number of nitrogens with zero attached hydrogens (tertiary/aromatic N) is 1. The first-order valence-corrected chi connectivity index (χ1v) is 7.77. The lowest BCUT2D eigenvalue weighted by molar-refractivity contribution is -0.124. The van der Waals surface area contributed by atoms with E-state index in [-0.39, 0.29) is 12.0 Å². The van der Waals surface area contributed by atoms with Crippen LogP contribution in [0.5, 0.6) is 0 Å². The number of benzene rings is 2. The van der Waals surface area contributed by atoms with Gasteiger partial charge in [0.1, 0.15) is 11.9 Å². The van der Waals surface area contributed by atoms with Crippen molar-refractivity contribution in [2.75, 3.05) is 11.9 Å². The van der Waals surface area contributed by atoms with E-state index in [9.17, 15) is 4.79 Å². The van der Waals surface area contributed by atoms with Crippen LogP contribution in [-0.4, -0.2) is 28.6 Å². The van der Waals surface area contributed by atoms with Crippen molar-refractivity contribution < 1.29 is 9.53 Å². The molecule has 1 aliphatic rings. The first-order chi connectivity index (χ1) is 11.3. The summed E-state index contributed by atoms with van der Waals surface area (Å²) in [7, 11) is 0. The molecule has 5 heteroatoms. The van der Waals surface area contributed by atoms with Crippen LogP contribution >= 0.6 is 0 Å². The van der Waals surface area contributed by atoms with Gasteiger partial charge in [0, 0.05) is 17.9 Å². The number of aromatic amines is 1. The average Bonchev–Trinajstić information content (AvgIpc) is 3.24. The lowest BCUT2D eigenvalue weighted by Crippen LogP contribution is -2.26. The number of carbonyl (C=O) groups excluding carboxylic acids is 1. The number of aromatic nitrogens is 2.